The van der Waals surface area contributed by atoms with Crippen LogP contribution in [0, 0.1) is 13.8 Å². The van der Waals surface area contributed by atoms with Gasteiger partial charge in [0.15, 0.2) is 0 Å². The predicted octanol–water partition coefficient (Wildman–Crippen LogP) is 6.70. The Morgan fingerprint density at radius 3 is 1.91 bits per heavy atom. The van der Waals surface area contributed by atoms with Gasteiger partial charge in [0.1, 0.15) is 5.69 Å². The van der Waals surface area contributed by atoms with Crippen LogP contribution in [-0.2, 0) is 0 Å². The smallest absolute Gasteiger partial charge is 0.347 e. The third kappa shape index (κ3) is 5.39. The van der Waals surface area contributed by atoms with Crippen LogP contribution < -0.4 is 11.3 Å². The van der Waals surface area contributed by atoms with Gasteiger partial charge in [-0.25, -0.2) is 29.5 Å². The Kier molecular flexibility index (Phi) is 7.35. The van der Waals surface area contributed by atoms with Crippen LogP contribution in [0.15, 0.2) is 141 Å². The fourth-order valence-electron chi connectivity index (χ4n) is 5.24. The Bertz CT molecular complexity index is 2430. The standard InChI is InChI=1S/2C18H13N3O2/c1-12-5-4-6-14-16(12)18(22)23-17(20-14)15-8-7-13(11-19-15)21-9-2-3-10-21;1-12-5-4-7-14-16(12)18(22)23-17(20-14)13-6-2-3-8-15(13)21-10-9-19-11-21/h2*2-11H,1H3. The lowest BCUT2D eigenvalue weighted by Crippen LogP contribution is -2.05. The van der Waals surface area contributed by atoms with Gasteiger partial charge < -0.3 is 18.0 Å². The van der Waals surface area contributed by atoms with E-state index in [4.69, 9.17) is 8.83 Å². The number of hydrogen-bond acceptors (Lipinski definition) is 8. The van der Waals surface area contributed by atoms with Crippen molar-refractivity contribution in [2.24, 2.45) is 0 Å². The Morgan fingerprint density at radius 1 is 0.630 bits per heavy atom. The van der Waals surface area contributed by atoms with Crippen LogP contribution in [0.3, 0.4) is 0 Å². The molecule has 0 saturated heterocycles. The number of imidazole rings is 1. The molecule has 46 heavy (non-hydrogen) atoms. The van der Waals surface area contributed by atoms with E-state index >= 15 is 0 Å². The molecule has 8 aromatic rings. The summed E-state index contributed by atoms with van der Waals surface area (Å²) in [4.78, 5) is 42.0. The molecule has 0 N–H and O–H groups in total. The molecule has 5 aromatic heterocycles. The second-order valence-electron chi connectivity index (χ2n) is 10.5. The number of rotatable bonds is 4. The van der Waals surface area contributed by atoms with E-state index in [1.54, 1.807) is 30.9 Å². The molecule has 0 spiro atoms. The SMILES string of the molecule is Cc1cccc2nc(-c3ccc(-n4cccc4)cn3)oc(=O)c12.Cc1cccc2nc(-c3ccccc3-n3ccnc3)oc(=O)c12. The zero-order valence-electron chi connectivity index (χ0n) is 24.9. The van der Waals surface area contributed by atoms with Crippen LogP contribution in [0.25, 0.3) is 56.2 Å². The second-order valence-corrected chi connectivity index (χ2v) is 10.5. The summed E-state index contributed by atoms with van der Waals surface area (Å²) in [7, 11) is 0. The number of fused-ring (bicyclic) bond motifs is 2. The van der Waals surface area contributed by atoms with Crippen LogP contribution in [-0.4, -0.2) is 29.1 Å². The molecular formula is C36H26N6O4. The minimum Gasteiger partial charge on any atom is -0.403 e. The van der Waals surface area contributed by atoms with Gasteiger partial charge >= 0.3 is 11.3 Å². The molecule has 8 rings (SSSR count). The van der Waals surface area contributed by atoms with Gasteiger partial charge in [0.2, 0.25) is 11.8 Å². The van der Waals surface area contributed by atoms with Crippen molar-refractivity contribution in [3.63, 3.8) is 0 Å². The fraction of sp³-hybridized carbons (Fsp3) is 0.0556. The van der Waals surface area contributed by atoms with Crippen molar-refractivity contribution in [2.75, 3.05) is 0 Å². The van der Waals surface area contributed by atoms with Crippen molar-refractivity contribution in [3.8, 4) is 34.4 Å². The van der Waals surface area contributed by atoms with E-state index in [-0.39, 0.29) is 17.1 Å². The highest BCUT2D eigenvalue weighted by atomic mass is 16.4. The number of aromatic nitrogens is 6. The van der Waals surface area contributed by atoms with Crippen LogP contribution >= 0.6 is 0 Å². The second kappa shape index (κ2) is 11.9. The maximum absolute atomic E-state index is 12.4. The normalized spacial score (nSPS) is 11.0. The van der Waals surface area contributed by atoms with Crippen molar-refractivity contribution < 1.29 is 8.83 Å². The van der Waals surface area contributed by atoms with E-state index in [2.05, 4.69) is 19.9 Å². The number of aryl methyl sites for hydroxylation is 2. The summed E-state index contributed by atoms with van der Waals surface area (Å²) in [6, 6.07) is 26.3. The van der Waals surface area contributed by atoms with Gasteiger partial charge in [0, 0.05) is 24.8 Å². The Morgan fingerprint density at radius 2 is 1.28 bits per heavy atom. The Hall–Kier alpha value is -6.42. The van der Waals surface area contributed by atoms with Gasteiger partial charge in [0.05, 0.1) is 51.3 Å². The zero-order chi connectivity index (χ0) is 31.6. The summed E-state index contributed by atoms with van der Waals surface area (Å²) >= 11 is 0. The zero-order valence-corrected chi connectivity index (χ0v) is 24.9. The van der Waals surface area contributed by atoms with E-state index in [9.17, 15) is 9.59 Å². The molecule has 0 amide bonds. The monoisotopic (exact) mass is 606 g/mol. The quantitative estimate of drug-likeness (QED) is 0.217. The summed E-state index contributed by atoms with van der Waals surface area (Å²) in [6.45, 7) is 3.74. The lowest BCUT2D eigenvalue weighted by Gasteiger charge is -2.09. The lowest BCUT2D eigenvalue weighted by atomic mass is 10.1. The number of nitrogens with zero attached hydrogens (tertiary/aromatic N) is 6. The molecule has 224 valence electrons. The highest BCUT2D eigenvalue weighted by Gasteiger charge is 2.14. The minimum absolute atomic E-state index is 0.229. The molecule has 0 atom stereocenters. The van der Waals surface area contributed by atoms with Crippen LogP contribution in [0.4, 0.5) is 0 Å². The fourth-order valence-corrected chi connectivity index (χ4v) is 5.24. The average Bonchev–Trinajstić information content (AvgIpc) is 3.81. The molecule has 10 nitrogen and oxygen atoms in total. The maximum atomic E-state index is 12.4. The van der Waals surface area contributed by atoms with Crippen molar-refractivity contribution in [1.29, 1.82) is 0 Å². The molecule has 5 heterocycles. The molecule has 10 heteroatoms. The number of hydrogen-bond donors (Lipinski definition) is 0. The molecule has 0 saturated carbocycles. The van der Waals surface area contributed by atoms with E-state index in [1.165, 1.54) is 0 Å². The summed E-state index contributed by atoms with van der Waals surface area (Å²) in [5.41, 5.74) is 5.26. The maximum Gasteiger partial charge on any atom is 0.347 e. The third-order valence-electron chi connectivity index (χ3n) is 7.52. The molecule has 0 radical (unpaired) electrons. The molecule has 3 aromatic carbocycles. The van der Waals surface area contributed by atoms with Gasteiger partial charge in [-0.2, -0.15) is 0 Å². The van der Waals surface area contributed by atoms with Crippen molar-refractivity contribution >= 4 is 21.8 Å². The predicted molar refractivity (Wildman–Crippen MR) is 175 cm³/mol. The van der Waals surface area contributed by atoms with Crippen molar-refractivity contribution in [2.45, 2.75) is 13.8 Å². The molecule has 0 aliphatic heterocycles. The molecule has 0 bridgehead atoms. The number of pyridine rings is 1. The van der Waals surface area contributed by atoms with Gasteiger partial charge in [-0.3, -0.25) is 0 Å². The number of benzene rings is 3. The van der Waals surface area contributed by atoms with E-state index in [1.807, 2.05) is 114 Å². The summed E-state index contributed by atoms with van der Waals surface area (Å²) in [5.74, 6) is 0.532. The van der Waals surface area contributed by atoms with Crippen molar-refractivity contribution in [1.82, 2.24) is 29.1 Å². The average molecular weight is 607 g/mol. The third-order valence-corrected chi connectivity index (χ3v) is 7.52. The highest BCUT2D eigenvalue weighted by Crippen LogP contribution is 2.26. The van der Waals surface area contributed by atoms with Crippen LogP contribution in [0.5, 0.6) is 0 Å². The lowest BCUT2D eigenvalue weighted by molar-refractivity contribution is 0.516. The first-order chi connectivity index (χ1) is 22.5. The first-order valence-electron chi connectivity index (χ1n) is 14.4. The van der Waals surface area contributed by atoms with E-state index < -0.39 is 0 Å². The highest BCUT2D eigenvalue weighted by molar-refractivity contribution is 5.83. The largest absolute Gasteiger partial charge is 0.403 e. The molecule has 0 unspecified atom stereocenters. The number of para-hydroxylation sites is 1. The molecular weight excluding hydrogens is 580 g/mol. The molecule has 0 fully saturated rings. The molecule has 0 aliphatic carbocycles. The van der Waals surface area contributed by atoms with E-state index in [0.29, 0.717) is 33.4 Å². The van der Waals surface area contributed by atoms with Gasteiger partial charge in [0.25, 0.3) is 0 Å². The topological polar surface area (TPSA) is 122 Å². The van der Waals surface area contributed by atoms with Crippen LogP contribution in [0.1, 0.15) is 11.1 Å². The first kappa shape index (κ1) is 28.4. The van der Waals surface area contributed by atoms with Gasteiger partial charge in [-0.05, 0) is 73.5 Å². The summed E-state index contributed by atoms with van der Waals surface area (Å²) < 4.78 is 14.7. The summed E-state index contributed by atoms with van der Waals surface area (Å²) in [5, 5.41) is 1.04. The van der Waals surface area contributed by atoms with Crippen LogP contribution in [0.2, 0.25) is 0 Å². The minimum atomic E-state index is -0.389. The van der Waals surface area contributed by atoms with Crippen molar-refractivity contribution in [3.05, 3.63) is 154 Å². The van der Waals surface area contributed by atoms with Gasteiger partial charge in [-0.15, -0.1) is 0 Å². The summed E-state index contributed by atoms with van der Waals surface area (Å²) in [6.07, 6.45) is 10.8. The molecule has 0 aliphatic rings. The Labute approximate surface area is 261 Å². The first-order valence-corrected chi connectivity index (χ1v) is 14.4. The van der Waals surface area contributed by atoms with E-state index in [0.717, 1.165) is 28.1 Å². The Balaban J connectivity index is 0.000000147. The van der Waals surface area contributed by atoms with Gasteiger partial charge in [-0.1, -0.05) is 36.4 Å².